The number of amides is 1. The quantitative estimate of drug-likeness (QED) is 0.485. The van der Waals surface area contributed by atoms with Gasteiger partial charge in [0, 0.05) is 22.8 Å². The molecule has 1 aliphatic heterocycles. The average Bonchev–Trinajstić information content (AvgIpc) is 3.34. The van der Waals surface area contributed by atoms with Gasteiger partial charge in [-0.15, -0.1) is 0 Å². The number of nitrogens with one attached hydrogen (secondary N) is 1. The first-order chi connectivity index (χ1) is 14.5. The molecule has 1 aliphatic rings. The summed E-state index contributed by atoms with van der Waals surface area (Å²) >= 11 is 0. The number of aromatic nitrogens is 1. The first-order valence-electron chi connectivity index (χ1n) is 9.99. The van der Waals surface area contributed by atoms with Crippen LogP contribution in [0.2, 0.25) is 0 Å². The average molecular weight is 403 g/mol. The van der Waals surface area contributed by atoms with Crippen molar-refractivity contribution in [1.29, 1.82) is 0 Å². The molecular weight excluding hydrogens is 378 g/mol. The van der Waals surface area contributed by atoms with Gasteiger partial charge in [-0.1, -0.05) is 24.3 Å². The number of rotatable bonds is 6. The predicted octanol–water partition coefficient (Wildman–Crippen LogP) is 4.56. The number of nitrogens with zero attached hydrogens (tertiary/aromatic N) is 2. The molecule has 0 saturated heterocycles. The zero-order valence-corrected chi connectivity index (χ0v) is 17.4. The highest BCUT2D eigenvalue weighted by molar-refractivity contribution is 5.96. The van der Waals surface area contributed by atoms with Crippen LogP contribution in [0.15, 0.2) is 59.7 Å². The van der Waals surface area contributed by atoms with Crippen LogP contribution in [0.1, 0.15) is 40.7 Å². The van der Waals surface area contributed by atoms with E-state index in [1.165, 1.54) is 0 Å². The normalized spacial score (nSPS) is 12.8. The fourth-order valence-corrected chi connectivity index (χ4v) is 3.65. The maximum Gasteiger partial charge on any atom is 0.273 e. The molecule has 1 aromatic heterocycles. The fourth-order valence-electron chi connectivity index (χ4n) is 3.65. The number of para-hydroxylation sites is 1. The zero-order chi connectivity index (χ0) is 21.1. The maximum absolute atomic E-state index is 12.7. The molecule has 0 saturated carbocycles. The second-order valence-electron chi connectivity index (χ2n) is 7.43. The third-order valence-electron chi connectivity index (χ3n) is 5.25. The molecule has 6 nitrogen and oxygen atoms in total. The van der Waals surface area contributed by atoms with E-state index < -0.39 is 0 Å². The lowest BCUT2D eigenvalue weighted by Gasteiger charge is -2.09. The number of benzene rings is 2. The Balaban J connectivity index is 1.40. The van der Waals surface area contributed by atoms with Crippen molar-refractivity contribution in [2.24, 2.45) is 5.10 Å². The van der Waals surface area contributed by atoms with Crippen LogP contribution in [0.5, 0.6) is 11.5 Å². The van der Waals surface area contributed by atoms with Gasteiger partial charge in [0.15, 0.2) is 11.5 Å². The Bertz CT molecular complexity index is 1100. The van der Waals surface area contributed by atoms with E-state index in [-0.39, 0.29) is 12.7 Å². The minimum Gasteiger partial charge on any atom is -0.454 e. The molecule has 4 rings (SSSR count). The van der Waals surface area contributed by atoms with E-state index in [0.717, 1.165) is 52.7 Å². The van der Waals surface area contributed by atoms with Crippen LogP contribution >= 0.6 is 0 Å². The lowest BCUT2D eigenvalue weighted by molar-refractivity contribution is 0.0954. The van der Waals surface area contributed by atoms with Crippen molar-refractivity contribution >= 4 is 11.6 Å². The summed E-state index contributed by atoms with van der Waals surface area (Å²) in [7, 11) is 0. The van der Waals surface area contributed by atoms with Gasteiger partial charge in [-0.25, -0.2) is 5.43 Å². The number of aryl methyl sites for hydroxylation is 2. The number of ether oxygens (including phenoxy) is 2. The van der Waals surface area contributed by atoms with Crippen LogP contribution in [0.3, 0.4) is 0 Å². The highest BCUT2D eigenvalue weighted by atomic mass is 16.7. The third-order valence-corrected chi connectivity index (χ3v) is 5.25. The minimum absolute atomic E-state index is 0.201. The Labute approximate surface area is 176 Å². The Morgan fingerprint density at radius 2 is 1.83 bits per heavy atom. The second kappa shape index (κ2) is 8.45. The van der Waals surface area contributed by atoms with Gasteiger partial charge in [-0.3, -0.25) is 4.79 Å². The van der Waals surface area contributed by atoms with Gasteiger partial charge in [0.1, 0.15) is 0 Å². The highest BCUT2D eigenvalue weighted by Gasteiger charge is 2.16. The second-order valence-corrected chi connectivity index (χ2v) is 7.43. The predicted molar refractivity (Wildman–Crippen MR) is 117 cm³/mol. The smallest absolute Gasteiger partial charge is 0.273 e. The molecule has 2 aromatic carbocycles. The number of hydrazone groups is 1. The lowest BCUT2D eigenvalue weighted by Crippen LogP contribution is -2.20. The largest absolute Gasteiger partial charge is 0.454 e. The summed E-state index contributed by atoms with van der Waals surface area (Å²) in [5.74, 6) is 1.36. The molecule has 0 radical (unpaired) electrons. The van der Waals surface area contributed by atoms with Crippen LogP contribution in [0, 0.1) is 13.8 Å². The maximum atomic E-state index is 12.7. The van der Waals surface area contributed by atoms with Gasteiger partial charge in [-0.2, -0.15) is 5.10 Å². The SMILES string of the molecule is C/C(CCc1ccc2c(c1)OCO2)=N/NC(=O)c1cc(C)n(-c2ccccc2)c1C. The number of hydrogen-bond acceptors (Lipinski definition) is 4. The first-order valence-corrected chi connectivity index (χ1v) is 9.99. The summed E-state index contributed by atoms with van der Waals surface area (Å²) in [4.78, 5) is 12.7. The van der Waals surface area contributed by atoms with Gasteiger partial charge < -0.3 is 14.0 Å². The van der Waals surface area contributed by atoms with Crippen LogP contribution in [-0.4, -0.2) is 23.0 Å². The summed E-state index contributed by atoms with van der Waals surface area (Å²) in [5.41, 5.74) is 8.27. The molecule has 0 bridgehead atoms. The molecule has 0 fully saturated rings. The van der Waals surface area contributed by atoms with Gasteiger partial charge in [-0.05, 0) is 69.5 Å². The number of carbonyl (C=O) groups excluding carboxylic acids is 1. The molecule has 0 unspecified atom stereocenters. The monoisotopic (exact) mass is 403 g/mol. The molecule has 0 atom stereocenters. The Morgan fingerprint density at radius 1 is 1.07 bits per heavy atom. The van der Waals surface area contributed by atoms with Gasteiger partial charge in [0.2, 0.25) is 6.79 Å². The van der Waals surface area contributed by atoms with Crippen molar-refractivity contribution in [1.82, 2.24) is 9.99 Å². The standard InChI is InChI=1S/C24H25N3O3/c1-16(9-10-19-11-12-22-23(14-19)30-15-29-22)25-26-24(28)21-13-17(2)27(18(21)3)20-7-5-4-6-8-20/h4-8,11-14H,9-10,15H2,1-3H3,(H,26,28)/b25-16-. The molecule has 3 aromatic rings. The molecule has 2 heterocycles. The Hall–Kier alpha value is -3.54. The van der Waals surface area contributed by atoms with E-state index in [0.29, 0.717) is 5.56 Å². The van der Waals surface area contributed by atoms with Crippen molar-refractivity contribution in [3.63, 3.8) is 0 Å². The van der Waals surface area contributed by atoms with Gasteiger partial charge in [0.05, 0.1) is 5.56 Å². The lowest BCUT2D eigenvalue weighted by atomic mass is 10.1. The summed E-state index contributed by atoms with van der Waals surface area (Å²) in [6.07, 6.45) is 1.55. The first kappa shape index (κ1) is 19.8. The molecule has 30 heavy (non-hydrogen) atoms. The highest BCUT2D eigenvalue weighted by Crippen LogP contribution is 2.32. The van der Waals surface area contributed by atoms with E-state index in [4.69, 9.17) is 9.47 Å². The van der Waals surface area contributed by atoms with E-state index in [1.807, 2.05) is 75.4 Å². The zero-order valence-electron chi connectivity index (χ0n) is 17.4. The van der Waals surface area contributed by atoms with E-state index in [1.54, 1.807) is 0 Å². The van der Waals surface area contributed by atoms with E-state index >= 15 is 0 Å². The minimum atomic E-state index is -0.201. The fraction of sp³-hybridized carbons (Fsp3) is 0.250. The van der Waals surface area contributed by atoms with Crippen LogP contribution in [0.25, 0.3) is 5.69 Å². The van der Waals surface area contributed by atoms with E-state index in [9.17, 15) is 4.79 Å². The summed E-state index contributed by atoms with van der Waals surface area (Å²) in [6, 6.07) is 17.9. The van der Waals surface area contributed by atoms with Crippen LogP contribution < -0.4 is 14.9 Å². The summed E-state index contributed by atoms with van der Waals surface area (Å²) in [5, 5.41) is 4.29. The van der Waals surface area contributed by atoms with Crippen molar-refractivity contribution in [2.45, 2.75) is 33.6 Å². The van der Waals surface area contributed by atoms with Gasteiger partial charge in [0.25, 0.3) is 5.91 Å². The number of hydrogen-bond donors (Lipinski definition) is 1. The van der Waals surface area contributed by atoms with E-state index in [2.05, 4.69) is 15.1 Å². The molecule has 154 valence electrons. The molecule has 0 aliphatic carbocycles. The third kappa shape index (κ3) is 4.08. The summed E-state index contributed by atoms with van der Waals surface area (Å²) < 4.78 is 12.8. The number of fused-ring (bicyclic) bond motifs is 1. The van der Waals surface area contributed by atoms with Crippen LogP contribution in [0.4, 0.5) is 0 Å². The molecule has 6 heteroatoms. The molecule has 1 N–H and O–H groups in total. The van der Waals surface area contributed by atoms with Gasteiger partial charge >= 0.3 is 0 Å². The Kier molecular flexibility index (Phi) is 5.57. The molecule has 1 amide bonds. The Morgan fingerprint density at radius 3 is 2.63 bits per heavy atom. The van der Waals surface area contributed by atoms with Crippen molar-refractivity contribution in [2.75, 3.05) is 6.79 Å². The van der Waals surface area contributed by atoms with Crippen molar-refractivity contribution in [3.8, 4) is 17.2 Å². The summed E-state index contributed by atoms with van der Waals surface area (Å²) in [6.45, 7) is 6.14. The van der Waals surface area contributed by atoms with Crippen molar-refractivity contribution in [3.05, 3.63) is 77.1 Å². The van der Waals surface area contributed by atoms with Crippen LogP contribution in [-0.2, 0) is 6.42 Å². The topological polar surface area (TPSA) is 64.8 Å². The molecule has 0 spiro atoms. The molecular formula is C24H25N3O3. The van der Waals surface area contributed by atoms with Crippen molar-refractivity contribution < 1.29 is 14.3 Å². The number of carbonyl (C=O) groups is 1.